The van der Waals surface area contributed by atoms with E-state index in [1.54, 1.807) is 6.20 Å². The molecule has 0 aliphatic heterocycles. The van der Waals surface area contributed by atoms with E-state index in [9.17, 15) is 9.59 Å². The lowest BCUT2D eigenvalue weighted by atomic mass is 9.90. The van der Waals surface area contributed by atoms with E-state index in [1.165, 1.54) is 109 Å². The third-order valence-electron chi connectivity index (χ3n) is 7.57. The van der Waals surface area contributed by atoms with Crippen LogP contribution >= 0.6 is 0 Å². The van der Waals surface area contributed by atoms with Crippen LogP contribution in [-0.2, 0) is 9.59 Å². The number of rotatable bonds is 23. The van der Waals surface area contributed by atoms with Crippen molar-refractivity contribution in [2.75, 3.05) is 0 Å². The summed E-state index contributed by atoms with van der Waals surface area (Å²) < 4.78 is 0. The van der Waals surface area contributed by atoms with Crippen molar-refractivity contribution in [1.29, 1.82) is 0 Å². The number of ketones is 1. The molecule has 2 rings (SSSR count). The highest BCUT2D eigenvalue weighted by molar-refractivity contribution is 6.08. The van der Waals surface area contributed by atoms with Crippen LogP contribution in [0.15, 0.2) is 30.5 Å². The fourth-order valence-corrected chi connectivity index (χ4v) is 5.34. The Balaban J connectivity index is 1.42. The SMILES string of the molecule is CCCCCCCCCCCCCCCCCCCCCC(=O)C(C(N)=O)c1c[nH]c2ccccc12. The molecule has 36 heavy (non-hydrogen) atoms. The summed E-state index contributed by atoms with van der Waals surface area (Å²) in [6, 6.07) is 7.73. The summed E-state index contributed by atoms with van der Waals surface area (Å²) in [5, 5.41) is 0.905. The number of hydrogen-bond donors (Lipinski definition) is 2. The summed E-state index contributed by atoms with van der Waals surface area (Å²) in [6.07, 6.45) is 27.4. The Morgan fingerprint density at radius 2 is 1.14 bits per heavy atom. The van der Waals surface area contributed by atoms with Gasteiger partial charge in [-0.3, -0.25) is 9.59 Å². The van der Waals surface area contributed by atoms with Crippen LogP contribution in [0.5, 0.6) is 0 Å². The smallest absolute Gasteiger partial charge is 0.232 e. The molecule has 3 N–H and O–H groups in total. The Kier molecular flexibility index (Phi) is 16.0. The second kappa shape index (κ2) is 19.1. The zero-order chi connectivity index (χ0) is 25.8. The first-order valence-corrected chi connectivity index (χ1v) is 15.0. The number of para-hydroxylation sites is 1. The van der Waals surface area contributed by atoms with Crippen LogP contribution in [0.25, 0.3) is 10.9 Å². The van der Waals surface area contributed by atoms with Crippen LogP contribution in [0, 0.1) is 0 Å². The maximum absolute atomic E-state index is 12.8. The van der Waals surface area contributed by atoms with Gasteiger partial charge in [0.25, 0.3) is 0 Å². The summed E-state index contributed by atoms with van der Waals surface area (Å²) >= 11 is 0. The molecule has 4 nitrogen and oxygen atoms in total. The van der Waals surface area contributed by atoms with E-state index in [0.717, 1.165) is 23.7 Å². The van der Waals surface area contributed by atoms with Crippen molar-refractivity contribution in [2.24, 2.45) is 5.73 Å². The molecule has 1 amide bonds. The molecule has 4 heteroatoms. The average Bonchev–Trinajstić information content (AvgIpc) is 3.29. The fourth-order valence-electron chi connectivity index (χ4n) is 5.34. The first-order chi connectivity index (χ1) is 17.6. The minimum absolute atomic E-state index is 0.0563. The molecule has 1 heterocycles. The van der Waals surface area contributed by atoms with E-state index in [0.29, 0.717) is 12.0 Å². The number of hydrogen-bond acceptors (Lipinski definition) is 2. The van der Waals surface area contributed by atoms with Crippen molar-refractivity contribution >= 4 is 22.6 Å². The number of aromatic nitrogens is 1. The minimum Gasteiger partial charge on any atom is -0.369 e. The Labute approximate surface area is 220 Å². The quantitative estimate of drug-likeness (QED) is 0.119. The molecule has 0 radical (unpaired) electrons. The zero-order valence-corrected chi connectivity index (χ0v) is 23.0. The van der Waals surface area contributed by atoms with Gasteiger partial charge >= 0.3 is 0 Å². The van der Waals surface area contributed by atoms with E-state index >= 15 is 0 Å². The lowest BCUT2D eigenvalue weighted by Crippen LogP contribution is -2.28. The van der Waals surface area contributed by atoms with Gasteiger partial charge in [0.15, 0.2) is 0 Å². The lowest BCUT2D eigenvalue weighted by molar-refractivity contribution is -0.128. The molecule has 0 spiro atoms. The van der Waals surface area contributed by atoms with Gasteiger partial charge in [-0.05, 0) is 18.1 Å². The number of nitrogens with two attached hydrogens (primary N) is 1. The normalized spacial score (nSPS) is 12.2. The highest BCUT2D eigenvalue weighted by Gasteiger charge is 2.28. The Morgan fingerprint density at radius 1 is 0.694 bits per heavy atom. The van der Waals surface area contributed by atoms with E-state index in [-0.39, 0.29) is 5.78 Å². The minimum atomic E-state index is -0.850. The highest BCUT2D eigenvalue weighted by Crippen LogP contribution is 2.27. The van der Waals surface area contributed by atoms with Gasteiger partial charge in [0.1, 0.15) is 11.7 Å². The van der Waals surface area contributed by atoms with Gasteiger partial charge in [0.2, 0.25) is 5.91 Å². The van der Waals surface area contributed by atoms with Crippen LogP contribution in [0.4, 0.5) is 0 Å². The van der Waals surface area contributed by atoms with E-state index in [4.69, 9.17) is 5.73 Å². The second-order valence-electron chi connectivity index (χ2n) is 10.7. The van der Waals surface area contributed by atoms with Gasteiger partial charge < -0.3 is 10.7 Å². The predicted molar refractivity (Wildman–Crippen MR) is 153 cm³/mol. The number of H-pyrrole nitrogens is 1. The largest absolute Gasteiger partial charge is 0.369 e. The lowest BCUT2D eigenvalue weighted by Gasteiger charge is -2.12. The van der Waals surface area contributed by atoms with Gasteiger partial charge in [-0.25, -0.2) is 0 Å². The number of unbranched alkanes of at least 4 members (excludes halogenated alkanes) is 18. The summed E-state index contributed by atoms with van der Waals surface area (Å²) in [5.74, 6) is -1.46. The molecule has 1 atom stereocenters. The number of nitrogens with one attached hydrogen (secondary N) is 1. The molecule has 1 aromatic carbocycles. The van der Waals surface area contributed by atoms with Crippen molar-refractivity contribution in [2.45, 2.75) is 141 Å². The molecule has 0 aliphatic rings. The number of primary amides is 1. The van der Waals surface area contributed by atoms with Crippen LogP contribution in [0.2, 0.25) is 0 Å². The van der Waals surface area contributed by atoms with Crippen LogP contribution < -0.4 is 5.73 Å². The maximum atomic E-state index is 12.8. The second-order valence-corrected chi connectivity index (χ2v) is 10.7. The van der Waals surface area contributed by atoms with Crippen molar-refractivity contribution in [3.05, 3.63) is 36.0 Å². The van der Waals surface area contributed by atoms with Crippen molar-refractivity contribution < 1.29 is 9.59 Å². The third kappa shape index (κ3) is 11.8. The van der Waals surface area contributed by atoms with Crippen molar-refractivity contribution in [3.63, 3.8) is 0 Å². The summed E-state index contributed by atoms with van der Waals surface area (Å²) in [6.45, 7) is 2.28. The first kappa shape index (κ1) is 30.1. The van der Waals surface area contributed by atoms with Crippen LogP contribution in [-0.4, -0.2) is 16.7 Å². The molecule has 0 bridgehead atoms. The van der Waals surface area contributed by atoms with E-state index in [1.807, 2.05) is 24.3 Å². The fraction of sp³-hybridized carbons (Fsp3) is 0.688. The van der Waals surface area contributed by atoms with Crippen LogP contribution in [0.1, 0.15) is 147 Å². The molecule has 0 fully saturated rings. The molecule has 202 valence electrons. The predicted octanol–water partition coefficient (Wildman–Crippen LogP) is 9.13. The molecule has 0 saturated carbocycles. The number of Topliss-reactive ketones (excluding diaryl/α,β-unsaturated/α-hetero) is 1. The monoisotopic (exact) mass is 496 g/mol. The topological polar surface area (TPSA) is 76.0 Å². The van der Waals surface area contributed by atoms with Crippen molar-refractivity contribution in [3.8, 4) is 0 Å². The van der Waals surface area contributed by atoms with Crippen molar-refractivity contribution in [1.82, 2.24) is 4.98 Å². The van der Waals surface area contributed by atoms with E-state index in [2.05, 4.69) is 11.9 Å². The summed E-state index contributed by atoms with van der Waals surface area (Å²) in [5.41, 5.74) is 7.26. The Morgan fingerprint density at radius 3 is 1.61 bits per heavy atom. The number of aromatic amines is 1. The standard InChI is InChI=1S/C32H52N2O2/c1-2-3-4-5-6-7-8-9-10-11-12-13-14-15-16-17-18-19-20-25-30(35)31(32(33)36)28-26-34-29-24-22-21-23-27(28)29/h21-24,26,31,34H,2-20,25H2,1H3,(H2,33,36). The Bertz CT molecular complexity index is 857. The van der Waals surface area contributed by atoms with Gasteiger partial charge in [-0.1, -0.05) is 141 Å². The van der Waals surface area contributed by atoms with E-state index < -0.39 is 11.8 Å². The highest BCUT2D eigenvalue weighted by atomic mass is 16.2. The Hall–Kier alpha value is -2.10. The van der Waals surface area contributed by atoms with Gasteiger partial charge in [0.05, 0.1) is 0 Å². The maximum Gasteiger partial charge on any atom is 0.232 e. The summed E-state index contributed by atoms with van der Waals surface area (Å²) in [7, 11) is 0. The average molecular weight is 497 g/mol. The number of fused-ring (bicyclic) bond motifs is 1. The summed E-state index contributed by atoms with van der Waals surface area (Å²) in [4.78, 5) is 28.0. The van der Waals surface area contributed by atoms with Gasteiger partial charge in [-0.2, -0.15) is 0 Å². The zero-order valence-electron chi connectivity index (χ0n) is 23.0. The number of carbonyl (C=O) groups is 2. The number of benzene rings is 1. The first-order valence-electron chi connectivity index (χ1n) is 15.0. The van der Waals surface area contributed by atoms with Crippen LogP contribution in [0.3, 0.4) is 0 Å². The number of amides is 1. The number of carbonyl (C=O) groups excluding carboxylic acids is 2. The molecule has 0 saturated heterocycles. The molecule has 0 aliphatic carbocycles. The van der Waals surface area contributed by atoms with Gasteiger partial charge in [-0.15, -0.1) is 0 Å². The molecule has 1 unspecified atom stereocenters. The molecule has 1 aromatic heterocycles. The third-order valence-corrected chi connectivity index (χ3v) is 7.57. The molecular weight excluding hydrogens is 444 g/mol. The molecular formula is C32H52N2O2. The van der Waals surface area contributed by atoms with Gasteiger partial charge in [0, 0.05) is 23.5 Å². The molecule has 2 aromatic rings.